The molecule has 0 heterocycles. The topological polar surface area (TPSA) is 66.5 Å². The fourth-order valence-corrected chi connectivity index (χ4v) is 1.66. The Labute approximate surface area is 93.7 Å². The van der Waals surface area contributed by atoms with E-state index >= 15 is 0 Å². The second kappa shape index (κ2) is 10.4. The molecule has 92 valence electrons. The molecule has 2 atom stereocenters. The van der Waals surface area contributed by atoms with Crippen LogP contribution in [0.1, 0.15) is 58.3 Å². The van der Waals surface area contributed by atoms with Crippen molar-refractivity contribution in [2.75, 3.05) is 6.61 Å². The highest BCUT2D eigenvalue weighted by Gasteiger charge is 2.12. The summed E-state index contributed by atoms with van der Waals surface area (Å²) in [6.45, 7) is 1.99. The van der Waals surface area contributed by atoms with Gasteiger partial charge in [-0.05, 0) is 6.42 Å². The van der Waals surface area contributed by atoms with Crippen LogP contribution in [-0.2, 0) is 0 Å². The molecular weight excluding hydrogens is 190 g/mol. The summed E-state index contributed by atoms with van der Waals surface area (Å²) >= 11 is 0. The van der Waals surface area contributed by atoms with Crippen molar-refractivity contribution in [1.82, 2.24) is 0 Å². The lowest BCUT2D eigenvalue weighted by atomic mass is 10.0. The van der Waals surface area contributed by atoms with Crippen LogP contribution in [0.2, 0.25) is 0 Å². The van der Waals surface area contributed by atoms with Crippen LogP contribution in [0.15, 0.2) is 0 Å². The van der Waals surface area contributed by atoms with Gasteiger partial charge in [-0.1, -0.05) is 51.9 Å². The van der Waals surface area contributed by atoms with E-state index in [2.05, 4.69) is 6.92 Å². The Morgan fingerprint density at radius 1 is 1.00 bits per heavy atom. The minimum atomic E-state index is -0.745. The zero-order valence-electron chi connectivity index (χ0n) is 9.99. The predicted octanol–water partition coefficient (Wildman–Crippen LogP) is 1.81. The van der Waals surface area contributed by atoms with Crippen LogP contribution < -0.4 is 5.73 Å². The number of aliphatic hydroxyl groups is 2. The van der Waals surface area contributed by atoms with Gasteiger partial charge in [-0.3, -0.25) is 0 Å². The minimum absolute atomic E-state index is 0.225. The molecule has 0 rings (SSSR count). The standard InChI is InChI=1S/C12H27NO2/c1-2-3-4-5-6-7-8-9-11(13)12(15)10-14/h11-12,14-15H,2-10,13H2,1H3/t11-,12-/m1/s1. The van der Waals surface area contributed by atoms with E-state index in [4.69, 9.17) is 10.8 Å². The van der Waals surface area contributed by atoms with E-state index < -0.39 is 6.10 Å². The maximum absolute atomic E-state index is 9.22. The third-order valence-electron chi connectivity index (χ3n) is 2.82. The first kappa shape index (κ1) is 14.9. The lowest BCUT2D eigenvalue weighted by Crippen LogP contribution is -2.37. The fourth-order valence-electron chi connectivity index (χ4n) is 1.66. The van der Waals surface area contributed by atoms with Crippen LogP contribution in [0.3, 0.4) is 0 Å². The van der Waals surface area contributed by atoms with Crippen molar-refractivity contribution in [3.63, 3.8) is 0 Å². The molecule has 0 unspecified atom stereocenters. The fraction of sp³-hybridized carbons (Fsp3) is 1.00. The number of unbranched alkanes of at least 4 members (excludes halogenated alkanes) is 6. The second-order valence-corrected chi connectivity index (χ2v) is 4.32. The average molecular weight is 217 g/mol. The van der Waals surface area contributed by atoms with Gasteiger partial charge in [0.1, 0.15) is 0 Å². The van der Waals surface area contributed by atoms with Crippen LogP contribution in [0.5, 0.6) is 0 Å². The summed E-state index contributed by atoms with van der Waals surface area (Å²) in [6.07, 6.45) is 8.85. The third-order valence-corrected chi connectivity index (χ3v) is 2.82. The molecule has 0 aliphatic carbocycles. The maximum atomic E-state index is 9.22. The summed E-state index contributed by atoms with van der Waals surface area (Å²) in [5.74, 6) is 0. The predicted molar refractivity (Wildman–Crippen MR) is 63.7 cm³/mol. The Hall–Kier alpha value is -0.120. The SMILES string of the molecule is CCCCCCCCC[C@@H](N)[C@H](O)CO. The molecule has 0 amide bonds. The quantitative estimate of drug-likeness (QED) is 0.489. The first-order valence-electron chi connectivity index (χ1n) is 6.26. The van der Waals surface area contributed by atoms with Crippen molar-refractivity contribution >= 4 is 0 Å². The molecule has 0 spiro atoms. The third kappa shape index (κ3) is 8.85. The zero-order chi connectivity index (χ0) is 11.5. The molecule has 0 radical (unpaired) electrons. The Bertz CT molecular complexity index is 131. The Morgan fingerprint density at radius 2 is 1.53 bits per heavy atom. The second-order valence-electron chi connectivity index (χ2n) is 4.32. The molecule has 3 heteroatoms. The lowest BCUT2D eigenvalue weighted by Gasteiger charge is -2.15. The van der Waals surface area contributed by atoms with Crippen LogP contribution in [0, 0.1) is 0 Å². The van der Waals surface area contributed by atoms with Gasteiger partial charge in [0.05, 0.1) is 12.7 Å². The van der Waals surface area contributed by atoms with Crippen molar-refractivity contribution in [2.24, 2.45) is 5.73 Å². The smallest absolute Gasteiger partial charge is 0.0921 e. The monoisotopic (exact) mass is 217 g/mol. The van der Waals surface area contributed by atoms with E-state index in [0.29, 0.717) is 0 Å². The van der Waals surface area contributed by atoms with E-state index in [9.17, 15) is 5.11 Å². The molecule has 0 aliphatic rings. The molecule has 0 aromatic carbocycles. The van der Waals surface area contributed by atoms with Gasteiger partial charge in [0, 0.05) is 6.04 Å². The maximum Gasteiger partial charge on any atom is 0.0921 e. The number of aliphatic hydroxyl groups excluding tert-OH is 2. The van der Waals surface area contributed by atoms with Gasteiger partial charge in [0.15, 0.2) is 0 Å². The van der Waals surface area contributed by atoms with Crippen molar-refractivity contribution in [3.05, 3.63) is 0 Å². The molecule has 0 aromatic rings. The number of nitrogens with two attached hydrogens (primary N) is 1. The highest BCUT2D eigenvalue weighted by Crippen LogP contribution is 2.10. The molecule has 0 bridgehead atoms. The van der Waals surface area contributed by atoms with Gasteiger partial charge in [-0.15, -0.1) is 0 Å². The summed E-state index contributed by atoms with van der Waals surface area (Å²) < 4.78 is 0. The Balaban J connectivity index is 3.16. The highest BCUT2D eigenvalue weighted by atomic mass is 16.3. The molecule has 4 N–H and O–H groups in total. The summed E-state index contributed by atoms with van der Waals surface area (Å²) in [5, 5.41) is 17.9. The number of hydrogen-bond acceptors (Lipinski definition) is 3. The summed E-state index contributed by atoms with van der Waals surface area (Å²) in [7, 11) is 0. The summed E-state index contributed by atoms with van der Waals surface area (Å²) in [6, 6.07) is -0.259. The van der Waals surface area contributed by atoms with E-state index in [1.165, 1.54) is 38.5 Å². The zero-order valence-corrected chi connectivity index (χ0v) is 9.99. The molecular formula is C12H27NO2. The lowest BCUT2D eigenvalue weighted by molar-refractivity contribution is 0.0711. The highest BCUT2D eigenvalue weighted by molar-refractivity contribution is 4.70. The Morgan fingerprint density at radius 3 is 2.07 bits per heavy atom. The van der Waals surface area contributed by atoms with E-state index in [-0.39, 0.29) is 12.6 Å². The normalized spacial score (nSPS) is 15.2. The minimum Gasteiger partial charge on any atom is -0.394 e. The summed E-state index contributed by atoms with van der Waals surface area (Å²) in [5.41, 5.74) is 5.68. The average Bonchev–Trinajstić information content (AvgIpc) is 2.26. The largest absolute Gasteiger partial charge is 0.394 e. The molecule has 0 saturated carbocycles. The first-order chi connectivity index (χ1) is 7.22. The molecule has 0 saturated heterocycles. The number of hydrogen-bond donors (Lipinski definition) is 3. The van der Waals surface area contributed by atoms with Crippen LogP contribution in [0.4, 0.5) is 0 Å². The van der Waals surface area contributed by atoms with E-state index in [0.717, 1.165) is 12.8 Å². The van der Waals surface area contributed by atoms with Crippen molar-refractivity contribution in [2.45, 2.75) is 70.4 Å². The van der Waals surface area contributed by atoms with Crippen molar-refractivity contribution < 1.29 is 10.2 Å². The van der Waals surface area contributed by atoms with Gasteiger partial charge in [0.2, 0.25) is 0 Å². The van der Waals surface area contributed by atoms with Crippen LogP contribution >= 0.6 is 0 Å². The Kier molecular flexibility index (Phi) is 10.3. The van der Waals surface area contributed by atoms with Crippen molar-refractivity contribution in [1.29, 1.82) is 0 Å². The molecule has 15 heavy (non-hydrogen) atoms. The van der Waals surface area contributed by atoms with Gasteiger partial charge >= 0.3 is 0 Å². The van der Waals surface area contributed by atoms with Gasteiger partial charge in [-0.25, -0.2) is 0 Å². The molecule has 0 fully saturated rings. The van der Waals surface area contributed by atoms with Crippen molar-refractivity contribution in [3.8, 4) is 0 Å². The molecule has 3 nitrogen and oxygen atoms in total. The van der Waals surface area contributed by atoms with E-state index in [1.807, 2.05) is 0 Å². The van der Waals surface area contributed by atoms with Gasteiger partial charge in [-0.2, -0.15) is 0 Å². The van der Waals surface area contributed by atoms with Gasteiger partial charge < -0.3 is 15.9 Å². The van der Waals surface area contributed by atoms with Crippen LogP contribution in [-0.4, -0.2) is 29.0 Å². The molecule has 0 aliphatic heterocycles. The van der Waals surface area contributed by atoms with Crippen LogP contribution in [0.25, 0.3) is 0 Å². The van der Waals surface area contributed by atoms with E-state index in [1.54, 1.807) is 0 Å². The summed E-state index contributed by atoms with van der Waals surface area (Å²) in [4.78, 5) is 0. The number of rotatable bonds is 10. The molecule has 0 aromatic heterocycles. The first-order valence-corrected chi connectivity index (χ1v) is 6.26. The van der Waals surface area contributed by atoms with Gasteiger partial charge in [0.25, 0.3) is 0 Å².